The van der Waals surface area contributed by atoms with Gasteiger partial charge in [0.2, 0.25) is 11.7 Å². The zero-order chi connectivity index (χ0) is 17.8. The first kappa shape index (κ1) is 16.3. The van der Waals surface area contributed by atoms with Crippen molar-refractivity contribution in [1.82, 2.24) is 20.6 Å². The number of aromatic nitrogens is 4. The number of carbonyl (C=O) groups excluding carboxylic acids is 1. The molecule has 2 aromatic carbocycles. The van der Waals surface area contributed by atoms with E-state index in [-0.39, 0.29) is 12.0 Å². The normalized spacial score (nSPS) is 11.7. The maximum absolute atomic E-state index is 14.4. The molecule has 0 bridgehead atoms. The predicted octanol–water partition coefficient (Wildman–Crippen LogP) is 1.80. The number of benzene rings is 2. The minimum Gasteiger partial charge on any atom is -0.369 e. The monoisotopic (exact) mass is 335 g/mol. The standard InChI is InChI=1S/C18H14FN5O/c1-2-11-4-3-5-12(8-11)9-15(17(20)25)14-10-13(6-7-16(14)19)18-21-23-24-22-18/h1,3-8,10,15H,9H2,(H2,20,25)(H,21,22,23,24). The van der Waals surface area contributed by atoms with Crippen LogP contribution in [0.3, 0.4) is 0 Å². The van der Waals surface area contributed by atoms with E-state index in [2.05, 4.69) is 26.5 Å². The number of tetrazole rings is 1. The molecule has 0 saturated carbocycles. The lowest BCUT2D eigenvalue weighted by Crippen LogP contribution is -2.24. The number of carbonyl (C=O) groups is 1. The van der Waals surface area contributed by atoms with Gasteiger partial charge in [0.15, 0.2) is 0 Å². The Morgan fingerprint density at radius 2 is 2.16 bits per heavy atom. The van der Waals surface area contributed by atoms with Crippen LogP contribution in [0.4, 0.5) is 4.39 Å². The van der Waals surface area contributed by atoms with Crippen molar-refractivity contribution in [2.24, 2.45) is 5.73 Å². The summed E-state index contributed by atoms with van der Waals surface area (Å²) in [5.41, 5.74) is 7.72. The number of rotatable bonds is 5. The van der Waals surface area contributed by atoms with Crippen molar-refractivity contribution in [3.63, 3.8) is 0 Å². The molecule has 6 nitrogen and oxygen atoms in total. The fourth-order valence-electron chi connectivity index (χ4n) is 2.62. The van der Waals surface area contributed by atoms with Crippen LogP contribution in [0.15, 0.2) is 42.5 Å². The second-order valence-corrected chi connectivity index (χ2v) is 5.48. The molecule has 7 heteroatoms. The third kappa shape index (κ3) is 3.53. The van der Waals surface area contributed by atoms with Crippen LogP contribution in [0.25, 0.3) is 11.4 Å². The minimum atomic E-state index is -0.847. The van der Waals surface area contributed by atoms with Gasteiger partial charge < -0.3 is 5.73 Å². The highest BCUT2D eigenvalue weighted by Crippen LogP contribution is 2.27. The first-order valence-corrected chi connectivity index (χ1v) is 7.46. The molecule has 0 radical (unpaired) electrons. The van der Waals surface area contributed by atoms with E-state index in [9.17, 15) is 9.18 Å². The van der Waals surface area contributed by atoms with Gasteiger partial charge in [-0.3, -0.25) is 4.79 Å². The second kappa shape index (κ2) is 6.93. The van der Waals surface area contributed by atoms with Gasteiger partial charge in [0.1, 0.15) is 5.82 Å². The Kier molecular flexibility index (Phi) is 4.53. The molecule has 1 heterocycles. The summed E-state index contributed by atoms with van der Waals surface area (Å²) >= 11 is 0. The summed E-state index contributed by atoms with van der Waals surface area (Å²) in [4.78, 5) is 12.0. The number of nitrogens with one attached hydrogen (secondary N) is 1. The molecule has 3 aromatic rings. The number of primary amides is 1. The summed E-state index contributed by atoms with van der Waals surface area (Å²) in [5.74, 6) is 0.835. The van der Waals surface area contributed by atoms with Crippen LogP contribution in [0.5, 0.6) is 0 Å². The van der Waals surface area contributed by atoms with Crippen molar-refractivity contribution in [3.8, 4) is 23.7 Å². The molecule has 124 valence electrons. The van der Waals surface area contributed by atoms with Crippen LogP contribution >= 0.6 is 0 Å². The summed E-state index contributed by atoms with van der Waals surface area (Å²) in [6.07, 6.45) is 5.63. The van der Waals surface area contributed by atoms with Crippen LogP contribution < -0.4 is 5.73 Å². The van der Waals surface area contributed by atoms with Crippen molar-refractivity contribution in [1.29, 1.82) is 0 Å². The fraction of sp³-hybridized carbons (Fsp3) is 0.111. The molecule has 1 atom stereocenters. The molecular weight excluding hydrogens is 321 g/mol. The molecule has 0 aliphatic carbocycles. The van der Waals surface area contributed by atoms with Gasteiger partial charge in [-0.2, -0.15) is 5.21 Å². The van der Waals surface area contributed by atoms with E-state index in [0.29, 0.717) is 17.0 Å². The zero-order valence-electron chi connectivity index (χ0n) is 13.1. The number of halogens is 1. The van der Waals surface area contributed by atoms with Crippen LogP contribution in [-0.2, 0) is 11.2 Å². The number of hydrogen-bond donors (Lipinski definition) is 2. The van der Waals surface area contributed by atoms with Gasteiger partial charge in [-0.1, -0.05) is 18.1 Å². The highest BCUT2D eigenvalue weighted by atomic mass is 19.1. The third-order valence-corrected chi connectivity index (χ3v) is 3.85. The Bertz CT molecular complexity index is 946. The summed E-state index contributed by atoms with van der Waals surface area (Å²) in [7, 11) is 0. The molecule has 3 rings (SSSR count). The van der Waals surface area contributed by atoms with E-state index in [1.54, 1.807) is 18.2 Å². The number of aromatic amines is 1. The van der Waals surface area contributed by atoms with Crippen LogP contribution in [-0.4, -0.2) is 26.5 Å². The Morgan fingerprint density at radius 1 is 1.32 bits per heavy atom. The summed E-state index contributed by atoms with van der Waals surface area (Å²) in [5, 5.41) is 13.5. The molecule has 25 heavy (non-hydrogen) atoms. The van der Waals surface area contributed by atoms with Crippen molar-refractivity contribution in [2.45, 2.75) is 12.3 Å². The van der Waals surface area contributed by atoms with E-state index in [1.165, 1.54) is 18.2 Å². The topological polar surface area (TPSA) is 97.5 Å². The molecule has 3 N–H and O–H groups in total. The van der Waals surface area contributed by atoms with Gasteiger partial charge in [-0.05, 0) is 47.5 Å². The van der Waals surface area contributed by atoms with Crippen LogP contribution in [0, 0.1) is 18.2 Å². The second-order valence-electron chi connectivity index (χ2n) is 5.48. The van der Waals surface area contributed by atoms with Gasteiger partial charge in [-0.15, -0.1) is 16.6 Å². The Labute approximate surface area is 143 Å². The largest absolute Gasteiger partial charge is 0.369 e. The quantitative estimate of drug-likeness (QED) is 0.695. The Balaban J connectivity index is 1.99. The third-order valence-electron chi connectivity index (χ3n) is 3.85. The molecule has 1 aromatic heterocycles. The van der Waals surface area contributed by atoms with Crippen molar-refractivity contribution >= 4 is 5.91 Å². The van der Waals surface area contributed by atoms with Crippen molar-refractivity contribution < 1.29 is 9.18 Å². The number of nitrogens with two attached hydrogens (primary N) is 1. The average molecular weight is 335 g/mol. The molecule has 1 amide bonds. The molecule has 0 fully saturated rings. The maximum atomic E-state index is 14.4. The SMILES string of the molecule is C#Cc1cccc(CC(C(N)=O)c2cc(-c3nn[nH]n3)ccc2F)c1. The Hall–Kier alpha value is -3.53. The van der Waals surface area contributed by atoms with Crippen LogP contribution in [0.2, 0.25) is 0 Å². The summed E-state index contributed by atoms with van der Waals surface area (Å²) in [6.45, 7) is 0. The lowest BCUT2D eigenvalue weighted by atomic mass is 9.89. The van der Waals surface area contributed by atoms with E-state index >= 15 is 0 Å². The lowest BCUT2D eigenvalue weighted by molar-refractivity contribution is -0.119. The number of amides is 1. The van der Waals surface area contributed by atoms with Crippen molar-refractivity contribution in [2.75, 3.05) is 0 Å². The first-order valence-electron chi connectivity index (χ1n) is 7.46. The molecule has 0 saturated heterocycles. The Morgan fingerprint density at radius 3 is 2.84 bits per heavy atom. The molecule has 0 aliphatic rings. The predicted molar refractivity (Wildman–Crippen MR) is 89.6 cm³/mol. The van der Waals surface area contributed by atoms with Crippen LogP contribution in [0.1, 0.15) is 22.6 Å². The van der Waals surface area contributed by atoms with E-state index in [4.69, 9.17) is 12.2 Å². The fourth-order valence-corrected chi connectivity index (χ4v) is 2.62. The number of H-pyrrole nitrogens is 1. The first-order chi connectivity index (χ1) is 12.1. The van der Waals surface area contributed by atoms with E-state index in [0.717, 1.165) is 5.56 Å². The summed E-state index contributed by atoms with van der Waals surface area (Å²) < 4.78 is 14.4. The van der Waals surface area contributed by atoms with Gasteiger partial charge >= 0.3 is 0 Å². The minimum absolute atomic E-state index is 0.181. The van der Waals surface area contributed by atoms with E-state index < -0.39 is 17.6 Å². The van der Waals surface area contributed by atoms with Gasteiger partial charge in [-0.25, -0.2) is 4.39 Å². The maximum Gasteiger partial charge on any atom is 0.225 e. The van der Waals surface area contributed by atoms with E-state index in [1.807, 2.05) is 6.07 Å². The summed E-state index contributed by atoms with van der Waals surface area (Å²) in [6, 6.07) is 11.4. The number of terminal acetylenes is 1. The van der Waals surface area contributed by atoms with Gasteiger partial charge in [0.25, 0.3) is 0 Å². The van der Waals surface area contributed by atoms with Gasteiger partial charge in [0.05, 0.1) is 5.92 Å². The smallest absolute Gasteiger partial charge is 0.225 e. The van der Waals surface area contributed by atoms with Crippen molar-refractivity contribution in [3.05, 3.63) is 65.0 Å². The molecular formula is C18H14FN5O. The lowest BCUT2D eigenvalue weighted by Gasteiger charge is -2.16. The van der Waals surface area contributed by atoms with Gasteiger partial charge in [0, 0.05) is 16.7 Å². The highest BCUT2D eigenvalue weighted by Gasteiger charge is 2.23. The molecule has 0 spiro atoms. The number of hydrogen-bond acceptors (Lipinski definition) is 4. The molecule has 1 unspecified atom stereocenters. The highest BCUT2D eigenvalue weighted by molar-refractivity contribution is 5.83. The molecule has 0 aliphatic heterocycles. The average Bonchev–Trinajstić information content (AvgIpc) is 3.15. The zero-order valence-corrected chi connectivity index (χ0v) is 13.1. The number of nitrogens with zero attached hydrogens (tertiary/aromatic N) is 3.